The molecule has 2 heteroatoms. The lowest BCUT2D eigenvalue weighted by molar-refractivity contribution is 0.272. The van der Waals surface area contributed by atoms with Crippen molar-refractivity contribution in [1.29, 1.82) is 0 Å². The fourth-order valence-corrected chi connectivity index (χ4v) is 2.52. The predicted octanol–water partition coefficient (Wildman–Crippen LogP) is 3.12. The molecule has 1 unspecified atom stereocenters. The Morgan fingerprint density at radius 1 is 1.17 bits per heavy atom. The summed E-state index contributed by atoms with van der Waals surface area (Å²) in [5.41, 5.74) is 8.80. The van der Waals surface area contributed by atoms with Gasteiger partial charge in [0.25, 0.3) is 0 Å². The van der Waals surface area contributed by atoms with Crippen molar-refractivity contribution >= 4 is 0 Å². The van der Waals surface area contributed by atoms with Crippen LogP contribution in [-0.4, -0.2) is 12.1 Å². The molecule has 1 saturated carbocycles. The van der Waals surface area contributed by atoms with Crippen molar-refractivity contribution in [1.82, 2.24) is 5.32 Å². The summed E-state index contributed by atoms with van der Waals surface area (Å²) < 4.78 is 0. The van der Waals surface area contributed by atoms with Gasteiger partial charge in [0.15, 0.2) is 0 Å². The summed E-state index contributed by atoms with van der Waals surface area (Å²) in [6.07, 6.45) is 2.23. The first kappa shape index (κ1) is 13.6. The number of benzene rings is 1. The fourth-order valence-electron chi connectivity index (χ4n) is 2.52. The average molecular weight is 246 g/mol. The third kappa shape index (κ3) is 3.12. The van der Waals surface area contributed by atoms with Crippen LogP contribution in [0.1, 0.15) is 57.7 Å². The van der Waals surface area contributed by atoms with Crippen LogP contribution in [0.2, 0.25) is 0 Å². The minimum Gasteiger partial charge on any atom is -0.328 e. The maximum atomic E-state index is 5.81. The second kappa shape index (κ2) is 5.02. The van der Waals surface area contributed by atoms with Gasteiger partial charge in [-0.15, -0.1) is 0 Å². The molecular formula is C16H26N2. The van der Waals surface area contributed by atoms with Gasteiger partial charge in [0.2, 0.25) is 0 Å². The fraction of sp³-hybridized carbons (Fsp3) is 0.625. The first-order valence-electron chi connectivity index (χ1n) is 6.98. The van der Waals surface area contributed by atoms with Gasteiger partial charge in [-0.2, -0.15) is 0 Å². The lowest BCUT2D eigenvalue weighted by Gasteiger charge is -2.35. The van der Waals surface area contributed by atoms with Crippen LogP contribution in [0.3, 0.4) is 0 Å². The van der Waals surface area contributed by atoms with E-state index in [0.717, 1.165) is 12.8 Å². The predicted molar refractivity (Wildman–Crippen MR) is 77.7 cm³/mol. The van der Waals surface area contributed by atoms with Crippen LogP contribution < -0.4 is 11.1 Å². The third-order valence-corrected chi connectivity index (χ3v) is 3.94. The van der Waals surface area contributed by atoms with Crippen molar-refractivity contribution in [3.05, 3.63) is 35.4 Å². The highest BCUT2D eigenvalue weighted by molar-refractivity contribution is 5.29. The highest BCUT2D eigenvalue weighted by Gasteiger charge is 2.26. The summed E-state index contributed by atoms with van der Waals surface area (Å²) in [6.45, 7) is 8.98. The van der Waals surface area contributed by atoms with E-state index >= 15 is 0 Å². The molecule has 2 nitrogen and oxygen atoms in total. The highest BCUT2D eigenvalue weighted by Crippen LogP contribution is 2.25. The van der Waals surface area contributed by atoms with E-state index in [2.05, 4.69) is 57.3 Å². The smallest absolute Gasteiger partial charge is 0.0294 e. The third-order valence-electron chi connectivity index (χ3n) is 3.94. The first-order chi connectivity index (χ1) is 8.36. The van der Waals surface area contributed by atoms with Crippen LogP contribution >= 0.6 is 0 Å². The average Bonchev–Trinajstić information content (AvgIpc) is 2.26. The van der Waals surface area contributed by atoms with E-state index in [1.165, 1.54) is 11.1 Å². The molecule has 1 aromatic rings. The Bertz CT molecular complexity index is 383. The molecule has 1 fully saturated rings. The van der Waals surface area contributed by atoms with Gasteiger partial charge in [-0.25, -0.2) is 0 Å². The zero-order valence-electron chi connectivity index (χ0n) is 12.0. The molecule has 1 aromatic carbocycles. The molecule has 0 saturated heterocycles. The van der Waals surface area contributed by atoms with Gasteiger partial charge < -0.3 is 11.1 Å². The quantitative estimate of drug-likeness (QED) is 0.860. The Balaban J connectivity index is 1.96. The summed E-state index contributed by atoms with van der Waals surface area (Å²) in [6, 6.07) is 10.4. The molecule has 0 spiro atoms. The summed E-state index contributed by atoms with van der Waals surface area (Å²) in [7, 11) is 0. The van der Waals surface area contributed by atoms with Crippen molar-refractivity contribution < 1.29 is 0 Å². The van der Waals surface area contributed by atoms with Gasteiger partial charge in [-0.1, -0.05) is 45.0 Å². The van der Waals surface area contributed by atoms with Gasteiger partial charge in [-0.3, -0.25) is 0 Å². The highest BCUT2D eigenvalue weighted by atomic mass is 15.0. The Labute approximate surface area is 111 Å². The Kier molecular flexibility index (Phi) is 3.79. The molecule has 0 aromatic heterocycles. The van der Waals surface area contributed by atoms with Gasteiger partial charge in [-0.05, 0) is 36.3 Å². The zero-order chi connectivity index (χ0) is 13.3. The van der Waals surface area contributed by atoms with Crippen molar-refractivity contribution in [3.63, 3.8) is 0 Å². The summed E-state index contributed by atoms with van der Waals surface area (Å²) in [4.78, 5) is 0. The molecule has 18 heavy (non-hydrogen) atoms. The molecule has 2 rings (SSSR count). The summed E-state index contributed by atoms with van der Waals surface area (Å²) in [5.74, 6) is 0. The van der Waals surface area contributed by atoms with Crippen LogP contribution in [0.15, 0.2) is 24.3 Å². The summed E-state index contributed by atoms with van der Waals surface area (Å²) >= 11 is 0. The minimum atomic E-state index is 0.232. The molecule has 1 aliphatic carbocycles. The number of nitrogens with two attached hydrogens (primary N) is 1. The number of hydrogen-bond donors (Lipinski definition) is 2. The van der Waals surface area contributed by atoms with Crippen LogP contribution in [0.25, 0.3) is 0 Å². The van der Waals surface area contributed by atoms with Crippen LogP contribution in [0.5, 0.6) is 0 Å². The molecule has 0 radical (unpaired) electrons. The normalized spacial score (nSPS) is 25.6. The molecule has 1 atom stereocenters. The zero-order valence-corrected chi connectivity index (χ0v) is 12.0. The molecule has 3 N–H and O–H groups in total. The standard InChI is InChI=1S/C16H26N2/c1-11(18-15-9-14(17)10-15)12-5-7-13(8-6-12)16(2,3)4/h5-8,11,14-15,18H,9-10,17H2,1-4H3. The second-order valence-corrected chi connectivity index (χ2v) is 6.69. The maximum Gasteiger partial charge on any atom is 0.0294 e. The van der Waals surface area contributed by atoms with E-state index in [1.54, 1.807) is 0 Å². The molecule has 0 heterocycles. The van der Waals surface area contributed by atoms with Crippen molar-refractivity contribution in [3.8, 4) is 0 Å². The largest absolute Gasteiger partial charge is 0.328 e. The molecule has 100 valence electrons. The lowest BCUT2D eigenvalue weighted by Crippen LogP contribution is -2.49. The molecule has 0 amide bonds. The molecule has 0 bridgehead atoms. The van der Waals surface area contributed by atoms with E-state index in [4.69, 9.17) is 5.73 Å². The molecular weight excluding hydrogens is 220 g/mol. The van der Waals surface area contributed by atoms with Crippen molar-refractivity contribution in [2.24, 2.45) is 5.73 Å². The Hall–Kier alpha value is -0.860. The lowest BCUT2D eigenvalue weighted by atomic mass is 9.85. The monoisotopic (exact) mass is 246 g/mol. The maximum absolute atomic E-state index is 5.81. The summed E-state index contributed by atoms with van der Waals surface area (Å²) in [5, 5.41) is 3.64. The van der Waals surface area contributed by atoms with Gasteiger partial charge in [0.05, 0.1) is 0 Å². The van der Waals surface area contributed by atoms with Gasteiger partial charge in [0, 0.05) is 18.1 Å². The SMILES string of the molecule is CC(NC1CC(N)C1)c1ccc(C(C)(C)C)cc1. The number of rotatable bonds is 3. The topological polar surface area (TPSA) is 38.0 Å². The van der Waals surface area contributed by atoms with E-state index < -0.39 is 0 Å². The number of nitrogens with one attached hydrogen (secondary N) is 1. The van der Waals surface area contributed by atoms with Crippen molar-refractivity contribution in [2.75, 3.05) is 0 Å². The molecule has 1 aliphatic rings. The van der Waals surface area contributed by atoms with Crippen LogP contribution in [0.4, 0.5) is 0 Å². The van der Waals surface area contributed by atoms with E-state index in [0.29, 0.717) is 18.1 Å². The number of hydrogen-bond acceptors (Lipinski definition) is 2. The Morgan fingerprint density at radius 3 is 2.17 bits per heavy atom. The van der Waals surface area contributed by atoms with E-state index in [1.807, 2.05) is 0 Å². The van der Waals surface area contributed by atoms with E-state index in [-0.39, 0.29) is 5.41 Å². The van der Waals surface area contributed by atoms with Crippen LogP contribution in [-0.2, 0) is 5.41 Å². The minimum absolute atomic E-state index is 0.232. The van der Waals surface area contributed by atoms with Crippen LogP contribution in [0, 0.1) is 0 Å². The molecule has 0 aliphatic heterocycles. The second-order valence-electron chi connectivity index (χ2n) is 6.69. The first-order valence-corrected chi connectivity index (χ1v) is 6.98. The van der Waals surface area contributed by atoms with Gasteiger partial charge >= 0.3 is 0 Å². The van der Waals surface area contributed by atoms with Gasteiger partial charge in [0.1, 0.15) is 0 Å². The Morgan fingerprint density at radius 2 is 1.72 bits per heavy atom. The van der Waals surface area contributed by atoms with E-state index in [9.17, 15) is 0 Å². The van der Waals surface area contributed by atoms with Crippen molar-refractivity contribution in [2.45, 2.75) is 64.1 Å².